The van der Waals surface area contributed by atoms with Crippen molar-refractivity contribution in [2.45, 2.75) is 252 Å². The Bertz CT molecular complexity index is 908. The van der Waals surface area contributed by atoms with Gasteiger partial charge in [-0.1, -0.05) is 182 Å². The van der Waals surface area contributed by atoms with Gasteiger partial charge in [0.05, 0.1) is 19.8 Å². The molecular weight excluding hydrogens is 749 g/mol. The van der Waals surface area contributed by atoms with E-state index in [0.29, 0.717) is 44.4 Å². The van der Waals surface area contributed by atoms with Crippen molar-refractivity contribution >= 4 is 17.9 Å². The minimum atomic E-state index is -0.0738. The van der Waals surface area contributed by atoms with Crippen molar-refractivity contribution in [2.75, 3.05) is 53.0 Å². The summed E-state index contributed by atoms with van der Waals surface area (Å²) in [5, 5.41) is 0. The van der Waals surface area contributed by atoms with Crippen molar-refractivity contribution in [2.24, 2.45) is 11.8 Å². The van der Waals surface area contributed by atoms with E-state index < -0.39 is 0 Å². The van der Waals surface area contributed by atoms with Gasteiger partial charge in [-0.05, 0) is 70.3 Å². The molecule has 354 valence electrons. The van der Waals surface area contributed by atoms with Gasteiger partial charge in [-0.3, -0.25) is 19.3 Å². The molecule has 0 unspecified atom stereocenters. The van der Waals surface area contributed by atoms with Crippen LogP contribution in [-0.4, -0.2) is 86.8 Å². The monoisotopic (exact) mass is 849 g/mol. The van der Waals surface area contributed by atoms with Crippen LogP contribution in [0.5, 0.6) is 0 Å². The number of hydrogen-bond acceptors (Lipinski definition) is 8. The van der Waals surface area contributed by atoms with Gasteiger partial charge in [0.25, 0.3) is 0 Å². The lowest BCUT2D eigenvalue weighted by atomic mass is 9.92. The molecule has 0 bridgehead atoms. The second-order valence-corrected chi connectivity index (χ2v) is 18.7. The molecular formula is C52H100N2O6. The molecule has 0 radical (unpaired) electrons. The van der Waals surface area contributed by atoms with Crippen LogP contribution in [0.3, 0.4) is 0 Å². The fourth-order valence-electron chi connectivity index (χ4n) is 8.79. The highest BCUT2D eigenvalue weighted by atomic mass is 16.5. The molecule has 8 nitrogen and oxygen atoms in total. The second-order valence-electron chi connectivity index (χ2n) is 18.7. The van der Waals surface area contributed by atoms with Gasteiger partial charge in [0.15, 0.2) is 0 Å². The highest BCUT2D eigenvalue weighted by molar-refractivity contribution is 5.72. The van der Waals surface area contributed by atoms with Gasteiger partial charge in [-0.2, -0.15) is 0 Å². The third-order valence-corrected chi connectivity index (χ3v) is 13.0. The maximum absolute atomic E-state index is 13.0. The summed E-state index contributed by atoms with van der Waals surface area (Å²) in [6, 6.07) is 0. The molecule has 8 heteroatoms. The normalized spacial score (nSPS) is 13.8. The van der Waals surface area contributed by atoms with E-state index in [0.717, 1.165) is 129 Å². The molecule has 0 N–H and O–H groups in total. The number of nitrogens with zero attached hydrogens (tertiary/aromatic N) is 2. The second kappa shape index (κ2) is 41.3. The molecule has 0 atom stereocenters. The Morgan fingerprint density at radius 3 is 1.15 bits per heavy atom. The highest BCUT2D eigenvalue weighted by Crippen LogP contribution is 2.23. The minimum absolute atomic E-state index is 0.00900. The lowest BCUT2D eigenvalue weighted by Gasteiger charge is -2.32. The Balaban J connectivity index is 2.29. The molecule has 0 aromatic heterocycles. The van der Waals surface area contributed by atoms with E-state index in [1.165, 1.54) is 103 Å². The molecule has 1 fully saturated rings. The summed E-state index contributed by atoms with van der Waals surface area (Å²) < 4.78 is 17.4. The third kappa shape index (κ3) is 34.9. The third-order valence-electron chi connectivity index (χ3n) is 13.0. The fraction of sp³-hybridized carbons (Fsp3) is 0.942. The van der Waals surface area contributed by atoms with Crippen LogP contribution >= 0.6 is 0 Å². The Morgan fingerprint density at radius 1 is 0.417 bits per heavy atom. The van der Waals surface area contributed by atoms with E-state index in [1.807, 2.05) is 0 Å². The van der Waals surface area contributed by atoms with E-state index in [2.05, 4.69) is 44.5 Å². The first-order valence-electron chi connectivity index (χ1n) is 26.2. The van der Waals surface area contributed by atoms with Crippen molar-refractivity contribution in [3.05, 3.63) is 0 Å². The summed E-state index contributed by atoms with van der Waals surface area (Å²) >= 11 is 0. The Kier molecular flexibility index (Phi) is 38.8. The summed E-state index contributed by atoms with van der Waals surface area (Å²) in [5.41, 5.74) is 0. The van der Waals surface area contributed by atoms with Crippen LogP contribution in [0.1, 0.15) is 246 Å². The number of hydrogen-bond donors (Lipinski definition) is 0. The highest BCUT2D eigenvalue weighted by Gasteiger charge is 2.20. The number of esters is 3. The first-order valence-corrected chi connectivity index (χ1v) is 26.2. The maximum Gasteiger partial charge on any atom is 0.320 e. The molecule has 0 aromatic rings. The van der Waals surface area contributed by atoms with Crippen molar-refractivity contribution in [1.82, 2.24) is 9.80 Å². The van der Waals surface area contributed by atoms with E-state index in [1.54, 1.807) is 0 Å². The maximum atomic E-state index is 13.0. The first kappa shape index (κ1) is 56.3. The van der Waals surface area contributed by atoms with Gasteiger partial charge in [-0.25, -0.2) is 0 Å². The van der Waals surface area contributed by atoms with Gasteiger partial charge in [-0.15, -0.1) is 0 Å². The number of carbonyl (C=O) groups excluding carboxylic acids is 3. The smallest absolute Gasteiger partial charge is 0.320 e. The van der Waals surface area contributed by atoms with Crippen LogP contribution in [0.2, 0.25) is 0 Å². The van der Waals surface area contributed by atoms with Crippen molar-refractivity contribution in [3.8, 4) is 0 Å². The Hall–Kier alpha value is -1.67. The summed E-state index contributed by atoms with van der Waals surface area (Å²) in [6.07, 6.45) is 38.4. The molecule has 0 aliphatic carbocycles. The van der Waals surface area contributed by atoms with Gasteiger partial charge in [0.1, 0.15) is 6.10 Å². The molecule has 0 spiro atoms. The number of piperazine rings is 1. The molecule has 0 aromatic carbocycles. The van der Waals surface area contributed by atoms with Crippen LogP contribution in [0.25, 0.3) is 0 Å². The number of unbranched alkanes of at least 4 members (excludes halogenated alkanes) is 18. The average Bonchev–Trinajstić information content (AvgIpc) is 3.23. The minimum Gasteiger partial charge on any atom is -0.466 e. The zero-order valence-corrected chi connectivity index (χ0v) is 40.6. The van der Waals surface area contributed by atoms with E-state index in [4.69, 9.17) is 14.2 Å². The summed E-state index contributed by atoms with van der Waals surface area (Å²) in [7, 11) is 2.14. The topological polar surface area (TPSA) is 85.4 Å². The Labute approximate surface area is 372 Å². The standard InChI is InChI=1S/C52H100N2O6/c1-6-10-22-30-47(31-23-11-7-2)38-44-58-50(55)36-28-20-16-14-18-26-34-49(60-52(57)46-54-42-40-53(5)41-43-54)35-27-19-15-17-21-29-37-51(56)59-45-39-48(32-24-12-8-3)33-25-13-9-4/h47-49H,6-46H2,1-5H3. The summed E-state index contributed by atoms with van der Waals surface area (Å²) in [5.74, 6) is 1.27. The molecule has 1 aliphatic heterocycles. The summed E-state index contributed by atoms with van der Waals surface area (Å²) in [4.78, 5) is 42.3. The van der Waals surface area contributed by atoms with Crippen LogP contribution in [0.4, 0.5) is 0 Å². The van der Waals surface area contributed by atoms with Crippen LogP contribution < -0.4 is 0 Å². The fourth-order valence-corrected chi connectivity index (χ4v) is 8.79. The first-order chi connectivity index (χ1) is 29.3. The van der Waals surface area contributed by atoms with Crippen molar-refractivity contribution in [3.63, 3.8) is 0 Å². The molecule has 60 heavy (non-hydrogen) atoms. The number of rotatable bonds is 43. The lowest BCUT2D eigenvalue weighted by molar-refractivity contribution is -0.151. The molecule has 0 saturated carbocycles. The van der Waals surface area contributed by atoms with E-state index in [9.17, 15) is 14.4 Å². The van der Waals surface area contributed by atoms with E-state index in [-0.39, 0.29) is 24.0 Å². The van der Waals surface area contributed by atoms with Crippen molar-refractivity contribution in [1.29, 1.82) is 0 Å². The number of likely N-dealkylation sites (N-methyl/N-ethyl adjacent to an activating group) is 1. The van der Waals surface area contributed by atoms with Gasteiger partial charge in [0.2, 0.25) is 0 Å². The van der Waals surface area contributed by atoms with Gasteiger partial charge < -0.3 is 19.1 Å². The lowest BCUT2D eigenvalue weighted by Crippen LogP contribution is -2.46. The summed E-state index contributed by atoms with van der Waals surface area (Å²) in [6.45, 7) is 14.4. The molecule has 1 aliphatic rings. The number of ether oxygens (including phenoxy) is 3. The molecule has 1 heterocycles. The Morgan fingerprint density at radius 2 is 0.767 bits per heavy atom. The van der Waals surface area contributed by atoms with Crippen LogP contribution in [0.15, 0.2) is 0 Å². The van der Waals surface area contributed by atoms with Gasteiger partial charge >= 0.3 is 17.9 Å². The average molecular weight is 849 g/mol. The largest absolute Gasteiger partial charge is 0.466 e. The molecule has 0 amide bonds. The van der Waals surface area contributed by atoms with Crippen LogP contribution in [0, 0.1) is 11.8 Å². The molecule has 1 rings (SSSR count). The zero-order chi connectivity index (χ0) is 43.7. The van der Waals surface area contributed by atoms with Crippen molar-refractivity contribution < 1.29 is 28.6 Å². The molecule has 1 saturated heterocycles. The predicted octanol–water partition coefficient (Wildman–Crippen LogP) is 13.8. The SMILES string of the molecule is CCCCCC(CCCCC)CCOC(=O)CCCCCCCCC(CCCCCCCCC(=O)OCCC(CCCCC)CCCCC)OC(=O)CN1CCN(C)CC1. The van der Waals surface area contributed by atoms with E-state index >= 15 is 0 Å². The predicted molar refractivity (Wildman–Crippen MR) is 252 cm³/mol. The van der Waals surface area contributed by atoms with Gasteiger partial charge in [0, 0.05) is 39.0 Å². The number of carbonyl (C=O) groups is 3. The zero-order valence-electron chi connectivity index (χ0n) is 40.6. The van der Waals surface area contributed by atoms with Crippen LogP contribution in [-0.2, 0) is 28.6 Å². The quantitative estimate of drug-likeness (QED) is 0.0341.